The van der Waals surface area contributed by atoms with Gasteiger partial charge in [0, 0.05) is 6.42 Å². The average molecular weight is 499 g/mol. The molecule has 0 saturated carbocycles. The Morgan fingerprint density at radius 1 is 0.714 bits per heavy atom. The van der Waals surface area contributed by atoms with E-state index >= 15 is 0 Å². The molecule has 0 rings (SSSR count). The van der Waals surface area contributed by atoms with Gasteiger partial charge in [-0.25, -0.2) is 19.2 Å². The van der Waals surface area contributed by atoms with E-state index in [0.717, 1.165) is 0 Å². The molecule has 200 valence electrons. The molecule has 0 bridgehead atoms. The number of esters is 2. The van der Waals surface area contributed by atoms with Crippen LogP contribution in [0.4, 0.5) is 9.59 Å². The molecule has 35 heavy (non-hydrogen) atoms. The zero-order valence-corrected chi connectivity index (χ0v) is 22.5. The van der Waals surface area contributed by atoms with E-state index in [2.05, 4.69) is 16.6 Å². The number of amides is 2. The molecule has 2 N–H and O–H groups in total. The molecule has 0 fully saturated rings. The lowest BCUT2D eigenvalue weighted by Crippen LogP contribution is -2.46. The van der Waals surface area contributed by atoms with Crippen molar-refractivity contribution in [3.8, 4) is 12.3 Å². The van der Waals surface area contributed by atoms with Crippen molar-refractivity contribution in [3.63, 3.8) is 0 Å². The van der Waals surface area contributed by atoms with Gasteiger partial charge in [-0.15, -0.1) is 12.3 Å². The Balaban J connectivity index is 4.82. The Morgan fingerprint density at radius 2 is 1.17 bits per heavy atom. The lowest BCUT2D eigenvalue weighted by Gasteiger charge is -2.26. The molecule has 0 spiro atoms. The van der Waals surface area contributed by atoms with Gasteiger partial charge in [0.25, 0.3) is 0 Å². The quantitative estimate of drug-likeness (QED) is 0.201. The van der Waals surface area contributed by atoms with Crippen molar-refractivity contribution in [1.29, 1.82) is 0 Å². The first-order chi connectivity index (χ1) is 15.8. The molecule has 10 heteroatoms. The van der Waals surface area contributed by atoms with Crippen LogP contribution in [0, 0.1) is 12.3 Å². The fourth-order valence-corrected chi connectivity index (χ4v) is 2.56. The summed E-state index contributed by atoms with van der Waals surface area (Å²) in [7, 11) is 0. The highest BCUT2D eigenvalue weighted by Gasteiger charge is 2.29. The Hall–Kier alpha value is -2.96. The average Bonchev–Trinajstić information content (AvgIpc) is 2.61. The molecule has 0 saturated heterocycles. The molecule has 0 aromatic heterocycles. The van der Waals surface area contributed by atoms with Gasteiger partial charge in [0.2, 0.25) is 0 Å². The summed E-state index contributed by atoms with van der Waals surface area (Å²) in [6.07, 6.45) is 4.81. The topological polar surface area (TPSA) is 129 Å². The van der Waals surface area contributed by atoms with E-state index in [1.807, 2.05) is 0 Å². The Bertz CT molecular complexity index is 766. The molecule has 0 heterocycles. The number of terminal acetylenes is 1. The number of hydrogen-bond acceptors (Lipinski definition) is 8. The van der Waals surface area contributed by atoms with Crippen LogP contribution >= 0.6 is 0 Å². The summed E-state index contributed by atoms with van der Waals surface area (Å²) in [4.78, 5) is 49.0. The number of carbonyl (C=O) groups is 4. The normalized spacial score (nSPS) is 13.5. The Labute approximate surface area is 209 Å². The predicted octanol–water partition coefficient (Wildman–Crippen LogP) is 3.85. The Morgan fingerprint density at radius 3 is 1.60 bits per heavy atom. The van der Waals surface area contributed by atoms with Crippen molar-refractivity contribution in [2.45, 2.75) is 117 Å². The van der Waals surface area contributed by atoms with Gasteiger partial charge in [-0.2, -0.15) is 0 Å². The first kappa shape index (κ1) is 32.0. The number of alkyl carbamates (subject to hydrolysis) is 2. The van der Waals surface area contributed by atoms with Crippen LogP contribution in [0.2, 0.25) is 0 Å². The summed E-state index contributed by atoms with van der Waals surface area (Å²) in [5.41, 5.74) is -2.18. The van der Waals surface area contributed by atoms with E-state index < -0.39 is 53.0 Å². The number of rotatable bonds is 10. The predicted molar refractivity (Wildman–Crippen MR) is 130 cm³/mol. The third-order valence-electron chi connectivity index (χ3n) is 3.81. The van der Waals surface area contributed by atoms with Crippen LogP contribution in [0.3, 0.4) is 0 Å². The molecule has 0 unspecified atom stereocenters. The molecule has 0 aliphatic carbocycles. The summed E-state index contributed by atoms with van der Waals surface area (Å²) in [5.74, 6) is 1.05. The molecule has 0 aliphatic heterocycles. The van der Waals surface area contributed by atoms with E-state index in [-0.39, 0.29) is 19.4 Å². The van der Waals surface area contributed by atoms with E-state index in [1.54, 1.807) is 62.3 Å². The molecule has 2 atom stereocenters. The summed E-state index contributed by atoms with van der Waals surface area (Å²) in [6.45, 7) is 15.5. The molecular weight excluding hydrogens is 456 g/mol. The van der Waals surface area contributed by atoms with Gasteiger partial charge < -0.3 is 29.6 Å². The van der Waals surface area contributed by atoms with Crippen molar-refractivity contribution in [2.75, 3.05) is 6.61 Å². The van der Waals surface area contributed by atoms with Gasteiger partial charge in [0.15, 0.2) is 0 Å². The highest BCUT2D eigenvalue weighted by atomic mass is 16.6. The summed E-state index contributed by atoms with van der Waals surface area (Å²) >= 11 is 0. The third kappa shape index (κ3) is 17.2. The van der Waals surface area contributed by atoms with Gasteiger partial charge >= 0.3 is 24.1 Å². The minimum absolute atomic E-state index is 0.0311. The van der Waals surface area contributed by atoms with Gasteiger partial charge in [-0.1, -0.05) is 0 Å². The number of unbranched alkanes of at least 4 members (excludes halogenated alkanes) is 1. The van der Waals surface area contributed by atoms with Crippen LogP contribution in [0.25, 0.3) is 0 Å². The third-order valence-corrected chi connectivity index (χ3v) is 3.81. The van der Waals surface area contributed by atoms with Gasteiger partial charge in [-0.05, 0) is 81.6 Å². The van der Waals surface area contributed by atoms with E-state index in [4.69, 9.17) is 25.4 Å². The van der Waals surface area contributed by atoms with Crippen molar-refractivity contribution >= 4 is 24.1 Å². The number of carbonyl (C=O) groups excluding carboxylic acids is 4. The second-order valence-electron chi connectivity index (χ2n) is 11.0. The molecule has 0 radical (unpaired) electrons. The van der Waals surface area contributed by atoms with Crippen LogP contribution in [0.1, 0.15) is 88.0 Å². The summed E-state index contributed by atoms with van der Waals surface area (Å²) in [5, 5.41) is 4.95. The minimum Gasteiger partial charge on any atom is -0.464 e. The number of ether oxygens (including phenoxy) is 4. The maximum absolute atomic E-state index is 12.5. The SMILES string of the molecule is C#CC[C@@H](NC(=O)OC(C)(C)C)C(=O)OCCCC[C@H](NC(=O)OC(C)(C)C)C(=O)OC(C)(C)C. The zero-order chi connectivity index (χ0) is 27.4. The van der Waals surface area contributed by atoms with Crippen LogP contribution in [-0.4, -0.2) is 59.6 Å². The van der Waals surface area contributed by atoms with Crippen LogP contribution in [0.15, 0.2) is 0 Å². The molecule has 0 aliphatic rings. The van der Waals surface area contributed by atoms with Crippen LogP contribution < -0.4 is 10.6 Å². The van der Waals surface area contributed by atoms with Crippen LogP contribution in [-0.2, 0) is 28.5 Å². The molecule has 0 aromatic carbocycles. The smallest absolute Gasteiger partial charge is 0.408 e. The molecule has 2 amide bonds. The fraction of sp³-hybridized carbons (Fsp3) is 0.760. The monoisotopic (exact) mass is 498 g/mol. The fourth-order valence-electron chi connectivity index (χ4n) is 2.56. The van der Waals surface area contributed by atoms with E-state index in [1.165, 1.54) is 0 Å². The minimum atomic E-state index is -1.04. The highest BCUT2D eigenvalue weighted by Crippen LogP contribution is 2.14. The van der Waals surface area contributed by atoms with Crippen LogP contribution in [0.5, 0.6) is 0 Å². The molecular formula is C25H42N2O8. The molecule has 0 aromatic rings. The Kier molecular flexibility index (Phi) is 12.6. The van der Waals surface area contributed by atoms with Crippen molar-refractivity contribution in [3.05, 3.63) is 0 Å². The summed E-state index contributed by atoms with van der Waals surface area (Å²) in [6, 6.07) is -1.97. The first-order valence-electron chi connectivity index (χ1n) is 11.6. The number of hydrogen-bond donors (Lipinski definition) is 2. The van der Waals surface area contributed by atoms with Gasteiger partial charge in [0.05, 0.1) is 6.61 Å². The van der Waals surface area contributed by atoms with Crippen molar-refractivity contribution < 1.29 is 38.1 Å². The van der Waals surface area contributed by atoms with Gasteiger partial charge in [-0.3, -0.25) is 0 Å². The van der Waals surface area contributed by atoms with Gasteiger partial charge in [0.1, 0.15) is 28.9 Å². The van der Waals surface area contributed by atoms with E-state index in [9.17, 15) is 19.2 Å². The highest BCUT2D eigenvalue weighted by molar-refractivity contribution is 5.82. The van der Waals surface area contributed by atoms with Crippen molar-refractivity contribution in [1.82, 2.24) is 10.6 Å². The van der Waals surface area contributed by atoms with Crippen molar-refractivity contribution in [2.24, 2.45) is 0 Å². The second-order valence-corrected chi connectivity index (χ2v) is 11.0. The first-order valence-corrected chi connectivity index (χ1v) is 11.6. The summed E-state index contributed by atoms with van der Waals surface area (Å²) < 4.78 is 21.0. The van der Waals surface area contributed by atoms with E-state index in [0.29, 0.717) is 12.8 Å². The largest absolute Gasteiger partial charge is 0.464 e. The lowest BCUT2D eigenvalue weighted by atomic mass is 10.1. The lowest BCUT2D eigenvalue weighted by molar-refractivity contribution is -0.157. The second kappa shape index (κ2) is 13.8. The standard InChI is InChI=1S/C25H42N2O8/c1-11-14-17(26-21(30)34-24(5,6)7)19(28)32-16-13-12-15-18(20(29)33-23(2,3)4)27-22(31)35-25(8,9)10/h1,17-18H,12-16H2,2-10H3,(H,26,30)(H,27,31)/t17-,18+/m1/s1. The zero-order valence-electron chi connectivity index (χ0n) is 22.5. The molecule has 10 nitrogen and oxygen atoms in total. The number of nitrogens with one attached hydrogen (secondary N) is 2. The maximum Gasteiger partial charge on any atom is 0.408 e. The maximum atomic E-state index is 12.5.